The number of hydrogen-bond acceptors (Lipinski definition) is 3. The van der Waals surface area contributed by atoms with Gasteiger partial charge in [0.05, 0.1) is 12.5 Å². The molecule has 1 aromatic carbocycles. The Labute approximate surface area is 115 Å². The number of rotatable bonds is 5. The molecule has 0 saturated heterocycles. The maximum absolute atomic E-state index is 13.5. The Balaban J connectivity index is 2.14. The maximum Gasteiger partial charge on any atom is 0.243 e. The third-order valence-electron chi connectivity index (χ3n) is 2.66. The highest BCUT2D eigenvalue weighted by molar-refractivity contribution is 7.89. The van der Waals surface area contributed by atoms with Gasteiger partial charge in [0.25, 0.3) is 0 Å². The van der Waals surface area contributed by atoms with Gasteiger partial charge in [0.2, 0.25) is 10.0 Å². The second kappa shape index (κ2) is 5.72. The normalized spacial score (nSPS) is 13.3. The standard InChI is InChI=1S/C13H13F2NO3S/c1-9(6-10-4-5-19-8-10)16-20(17,18)13-3-2-11(14)7-12(13)15/h2-5,7-9,16H,6H2,1H3. The molecule has 0 amide bonds. The Morgan fingerprint density at radius 2 is 2.05 bits per heavy atom. The molecule has 1 aromatic heterocycles. The second-order valence-corrected chi connectivity index (χ2v) is 6.12. The summed E-state index contributed by atoms with van der Waals surface area (Å²) in [6, 6.07) is 3.59. The smallest absolute Gasteiger partial charge is 0.243 e. The van der Waals surface area contributed by atoms with Crippen molar-refractivity contribution in [2.45, 2.75) is 24.3 Å². The van der Waals surface area contributed by atoms with Crippen LogP contribution in [0.1, 0.15) is 12.5 Å². The van der Waals surface area contributed by atoms with Gasteiger partial charge in [-0.3, -0.25) is 0 Å². The molecule has 0 fully saturated rings. The number of nitrogens with one attached hydrogen (secondary N) is 1. The topological polar surface area (TPSA) is 59.3 Å². The van der Waals surface area contributed by atoms with Crippen LogP contribution in [0.25, 0.3) is 0 Å². The molecule has 0 saturated carbocycles. The molecule has 0 bridgehead atoms. The fraction of sp³-hybridized carbons (Fsp3) is 0.231. The van der Waals surface area contributed by atoms with Gasteiger partial charge in [0, 0.05) is 12.1 Å². The molecular weight excluding hydrogens is 288 g/mol. The summed E-state index contributed by atoms with van der Waals surface area (Å²) in [4.78, 5) is -0.571. The van der Waals surface area contributed by atoms with Crippen molar-refractivity contribution in [1.29, 1.82) is 0 Å². The van der Waals surface area contributed by atoms with Gasteiger partial charge in [-0.05, 0) is 37.1 Å². The van der Waals surface area contributed by atoms with Crippen LogP contribution in [-0.2, 0) is 16.4 Å². The van der Waals surface area contributed by atoms with E-state index in [-0.39, 0.29) is 0 Å². The molecule has 2 aromatic rings. The molecule has 2 rings (SSSR count). The average Bonchev–Trinajstić information content (AvgIpc) is 2.79. The fourth-order valence-corrected chi connectivity index (χ4v) is 3.13. The third kappa shape index (κ3) is 3.43. The van der Waals surface area contributed by atoms with Gasteiger partial charge in [0.15, 0.2) is 0 Å². The molecule has 0 radical (unpaired) electrons. The van der Waals surface area contributed by atoms with Crippen molar-refractivity contribution >= 4 is 10.0 Å². The Morgan fingerprint density at radius 1 is 1.30 bits per heavy atom. The van der Waals surface area contributed by atoms with E-state index in [9.17, 15) is 17.2 Å². The maximum atomic E-state index is 13.5. The molecule has 7 heteroatoms. The van der Waals surface area contributed by atoms with Crippen molar-refractivity contribution in [2.24, 2.45) is 0 Å². The number of hydrogen-bond donors (Lipinski definition) is 1. The number of furan rings is 1. The van der Waals surface area contributed by atoms with E-state index in [1.165, 1.54) is 12.5 Å². The quantitative estimate of drug-likeness (QED) is 0.923. The second-order valence-electron chi connectivity index (χ2n) is 4.43. The van der Waals surface area contributed by atoms with E-state index in [4.69, 9.17) is 4.42 Å². The Hall–Kier alpha value is -1.73. The largest absolute Gasteiger partial charge is 0.472 e. The van der Waals surface area contributed by atoms with Crippen molar-refractivity contribution in [1.82, 2.24) is 4.72 Å². The summed E-state index contributed by atoms with van der Waals surface area (Å²) in [5.41, 5.74) is 0.819. The van der Waals surface area contributed by atoms with E-state index < -0.39 is 32.6 Å². The van der Waals surface area contributed by atoms with Gasteiger partial charge in [-0.25, -0.2) is 21.9 Å². The van der Waals surface area contributed by atoms with Crippen molar-refractivity contribution in [3.63, 3.8) is 0 Å². The first-order valence-electron chi connectivity index (χ1n) is 5.87. The molecule has 4 nitrogen and oxygen atoms in total. The van der Waals surface area contributed by atoms with Crippen LogP contribution in [0, 0.1) is 11.6 Å². The van der Waals surface area contributed by atoms with Gasteiger partial charge in [-0.2, -0.15) is 0 Å². The van der Waals surface area contributed by atoms with Crippen molar-refractivity contribution in [3.8, 4) is 0 Å². The summed E-state index contributed by atoms with van der Waals surface area (Å²) >= 11 is 0. The molecule has 1 heterocycles. The predicted molar refractivity (Wildman–Crippen MR) is 68.6 cm³/mol. The molecule has 1 unspecified atom stereocenters. The summed E-state index contributed by atoms with van der Waals surface area (Å²) in [7, 11) is -4.03. The highest BCUT2D eigenvalue weighted by Crippen LogP contribution is 2.16. The number of sulfonamides is 1. The zero-order valence-corrected chi connectivity index (χ0v) is 11.5. The van der Waals surface area contributed by atoms with E-state index in [1.54, 1.807) is 13.0 Å². The van der Waals surface area contributed by atoms with Crippen molar-refractivity contribution in [3.05, 3.63) is 54.0 Å². The molecule has 0 spiro atoms. The van der Waals surface area contributed by atoms with Crippen LogP contribution < -0.4 is 4.72 Å². The minimum Gasteiger partial charge on any atom is -0.472 e. The fourth-order valence-electron chi connectivity index (χ4n) is 1.83. The lowest BCUT2D eigenvalue weighted by Gasteiger charge is -2.13. The first-order chi connectivity index (χ1) is 9.38. The predicted octanol–water partition coefficient (Wildman–Crippen LogP) is 2.47. The SMILES string of the molecule is CC(Cc1ccoc1)NS(=O)(=O)c1ccc(F)cc1F. The van der Waals surface area contributed by atoms with Crippen LogP contribution in [0.4, 0.5) is 8.78 Å². The Kier molecular flexibility index (Phi) is 4.20. The summed E-state index contributed by atoms with van der Waals surface area (Å²) < 4.78 is 57.5. The van der Waals surface area contributed by atoms with E-state index in [0.717, 1.165) is 17.7 Å². The molecule has 20 heavy (non-hydrogen) atoms. The third-order valence-corrected chi connectivity index (χ3v) is 4.28. The summed E-state index contributed by atoms with van der Waals surface area (Å²) in [5.74, 6) is -1.94. The van der Waals surface area contributed by atoms with E-state index in [2.05, 4.69) is 4.72 Å². The Morgan fingerprint density at radius 3 is 2.65 bits per heavy atom. The van der Waals surface area contributed by atoms with Crippen molar-refractivity contribution < 1.29 is 21.6 Å². The molecule has 1 N–H and O–H groups in total. The van der Waals surface area contributed by atoms with Crippen LogP contribution in [0.15, 0.2) is 46.1 Å². The van der Waals surface area contributed by atoms with Gasteiger partial charge in [-0.15, -0.1) is 0 Å². The van der Waals surface area contributed by atoms with E-state index >= 15 is 0 Å². The minimum absolute atomic E-state index is 0.401. The summed E-state index contributed by atoms with van der Waals surface area (Å²) in [6.45, 7) is 1.64. The number of halogens is 2. The van der Waals surface area contributed by atoms with Crippen LogP contribution in [0.5, 0.6) is 0 Å². The van der Waals surface area contributed by atoms with Crippen LogP contribution in [-0.4, -0.2) is 14.5 Å². The lowest BCUT2D eigenvalue weighted by molar-refractivity contribution is 0.531. The molecule has 0 aliphatic heterocycles. The zero-order chi connectivity index (χ0) is 14.8. The lowest BCUT2D eigenvalue weighted by Crippen LogP contribution is -2.34. The van der Waals surface area contributed by atoms with E-state index in [0.29, 0.717) is 12.5 Å². The molecular formula is C13H13F2NO3S. The zero-order valence-electron chi connectivity index (χ0n) is 10.6. The first-order valence-corrected chi connectivity index (χ1v) is 7.35. The summed E-state index contributed by atoms with van der Waals surface area (Å²) in [6.07, 6.45) is 3.39. The molecule has 0 aliphatic rings. The van der Waals surface area contributed by atoms with Gasteiger partial charge >= 0.3 is 0 Å². The molecule has 108 valence electrons. The first kappa shape index (κ1) is 14.7. The van der Waals surface area contributed by atoms with Gasteiger partial charge in [-0.1, -0.05) is 0 Å². The van der Waals surface area contributed by atoms with Gasteiger partial charge in [0.1, 0.15) is 16.5 Å². The Bertz CT molecular complexity index is 684. The lowest BCUT2D eigenvalue weighted by atomic mass is 10.1. The summed E-state index contributed by atoms with van der Waals surface area (Å²) in [5, 5.41) is 0. The van der Waals surface area contributed by atoms with Crippen LogP contribution in [0.3, 0.4) is 0 Å². The van der Waals surface area contributed by atoms with Gasteiger partial charge < -0.3 is 4.42 Å². The highest BCUT2D eigenvalue weighted by atomic mass is 32.2. The average molecular weight is 301 g/mol. The van der Waals surface area contributed by atoms with E-state index in [1.807, 2.05) is 0 Å². The minimum atomic E-state index is -4.03. The highest BCUT2D eigenvalue weighted by Gasteiger charge is 2.22. The monoisotopic (exact) mass is 301 g/mol. The van der Waals surface area contributed by atoms with Crippen molar-refractivity contribution in [2.75, 3.05) is 0 Å². The molecule has 1 atom stereocenters. The van der Waals surface area contributed by atoms with Crippen LogP contribution >= 0.6 is 0 Å². The number of benzene rings is 1. The molecule has 0 aliphatic carbocycles. The van der Waals surface area contributed by atoms with Crippen LogP contribution in [0.2, 0.25) is 0 Å².